The maximum absolute atomic E-state index is 12.9. The Bertz CT molecular complexity index is 1100. The molecule has 6 nitrogen and oxygen atoms in total. The third kappa shape index (κ3) is 8.47. The van der Waals surface area contributed by atoms with Crippen LogP contribution in [0.15, 0.2) is 96.6 Å². The number of rotatable bonds is 12. The molecule has 0 unspecified atom stereocenters. The first-order valence-electron chi connectivity index (χ1n) is 11.8. The Morgan fingerprint density at radius 1 is 0.694 bits per heavy atom. The quantitative estimate of drug-likeness (QED) is 0.173. The van der Waals surface area contributed by atoms with E-state index in [1.165, 1.54) is 0 Å². The van der Waals surface area contributed by atoms with Crippen LogP contribution in [0.25, 0.3) is 6.08 Å². The lowest BCUT2D eigenvalue weighted by atomic mass is 10.1. The summed E-state index contributed by atoms with van der Waals surface area (Å²) < 4.78 is 10.4. The molecule has 0 spiro atoms. The summed E-state index contributed by atoms with van der Waals surface area (Å²) in [6, 6.07) is 25.1. The predicted molar refractivity (Wildman–Crippen MR) is 143 cm³/mol. The van der Waals surface area contributed by atoms with Crippen molar-refractivity contribution >= 4 is 17.9 Å². The van der Waals surface area contributed by atoms with E-state index in [-0.39, 0.29) is 5.57 Å². The third-order valence-corrected chi connectivity index (χ3v) is 5.56. The van der Waals surface area contributed by atoms with E-state index >= 15 is 0 Å². The highest BCUT2D eigenvalue weighted by Gasteiger charge is 2.17. The molecule has 0 aliphatic carbocycles. The van der Waals surface area contributed by atoms with Gasteiger partial charge in [-0.2, -0.15) is 0 Å². The highest BCUT2D eigenvalue weighted by Crippen LogP contribution is 2.12. The van der Waals surface area contributed by atoms with Crippen molar-refractivity contribution in [2.75, 3.05) is 27.3 Å². The summed E-state index contributed by atoms with van der Waals surface area (Å²) in [7, 11) is 3.24. The molecule has 0 bridgehead atoms. The zero-order chi connectivity index (χ0) is 25.6. The normalized spacial score (nSPS) is 10.5. The average molecular weight is 485 g/mol. The van der Waals surface area contributed by atoms with Gasteiger partial charge in [-0.25, -0.2) is 0 Å². The number of hydrogen-bond acceptors (Lipinski definition) is 4. The number of benzene rings is 3. The van der Waals surface area contributed by atoms with Gasteiger partial charge in [-0.15, -0.1) is 0 Å². The van der Waals surface area contributed by atoms with Crippen LogP contribution < -0.4 is 20.1 Å². The van der Waals surface area contributed by atoms with E-state index in [4.69, 9.17) is 9.47 Å². The molecule has 2 amide bonds. The van der Waals surface area contributed by atoms with Gasteiger partial charge in [0.25, 0.3) is 11.8 Å². The van der Waals surface area contributed by atoms with Crippen LogP contribution in [0.1, 0.15) is 16.7 Å². The van der Waals surface area contributed by atoms with Crippen LogP contribution in [0.2, 0.25) is 0 Å². The highest BCUT2D eigenvalue weighted by atomic mass is 16.5. The van der Waals surface area contributed by atoms with Crippen LogP contribution in [-0.4, -0.2) is 39.1 Å². The largest absolute Gasteiger partial charge is 0.497 e. The fourth-order valence-corrected chi connectivity index (χ4v) is 3.49. The molecule has 0 saturated heterocycles. The Balaban J connectivity index is 1.61. The molecule has 0 saturated carbocycles. The first kappa shape index (κ1) is 26.3. The van der Waals surface area contributed by atoms with Gasteiger partial charge in [0.05, 0.1) is 14.2 Å². The lowest BCUT2D eigenvalue weighted by Gasteiger charge is -2.10. The summed E-state index contributed by atoms with van der Waals surface area (Å²) in [5.74, 6) is 0.736. The van der Waals surface area contributed by atoms with Crippen molar-refractivity contribution in [3.05, 3.63) is 113 Å². The molecule has 0 heterocycles. The number of hydrogen-bond donors (Lipinski definition) is 2. The van der Waals surface area contributed by atoms with E-state index in [9.17, 15) is 9.59 Å². The van der Waals surface area contributed by atoms with Crippen molar-refractivity contribution in [2.24, 2.45) is 0 Å². The summed E-state index contributed by atoms with van der Waals surface area (Å²) >= 11 is 0. The first-order valence-corrected chi connectivity index (χ1v) is 11.8. The van der Waals surface area contributed by atoms with E-state index in [1.54, 1.807) is 26.4 Å². The number of amides is 2. The summed E-state index contributed by atoms with van der Waals surface area (Å²) in [6.07, 6.45) is 6.41. The summed E-state index contributed by atoms with van der Waals surface area (Å²) in [6.45, 7) is 0.814. The van der Waals surface area contributed by atoms with Crippen LogP contribution >= 0.6 is 0 Å². The van der Waals surface area contributed by atoms with Crippen LogP contribution in [0.5, 0.6) is 11.5 Å². The third-order valence-electron chi connectivity index (χ3n) is 5.56. The van der Waals surface area contributed by atoms with Gasteiger partial charge in [0, 0.05) is 13.1 Å². The van der Waals surface area contributed by atoms with Crippen molar-refractivity contribution in [2.45, 2.75) is 12.8 Å². The van der Waals surface area contributed by atoms with Crippen LogP contribution in [0.4, 0.5) is 0 Å². The lowest BCUT2D eigenvalue weighted by Crippen LogP contribution is -2.36. The molecule has 0 fully saturated rings. The van der Waals surface area contributed by atoms with Crippen molar-refractivity contribution < 1.29 is 19.1 Å². The number of ether oxygens (including phenoxy) is 2. The van der Waals surface area contributed by atoms with Gasteiger partial charge < -0.3 is 20.1 Å². The van der Waals surface area contributed by atoms with Crippen LogP contribution in [-0.2, 0) is 22.4 Å². The van der Waals surface area contributed by atoms with E-state index in [0.717, 1.165) is 28.2 Å². The zero-order valence-electron chi connectivity index (χ0n) is 20.7. The Labute approximate surface area is 212 Å². The molecule has 3 aromatic carbocycles. The molecule has 186 valence electrons. The number of carbonyl (C=O) groups is 2. The topological polar surface area (TPSA) is 76.7 Å². The van der Waals surface area contributed by atoms with Gasteiger partial charge in [0.1, 0.15) is 17.1 Å². The lowest BCUT2D eigenvalue weighted by molar-refractivity contribution is -0.123. The maximum atomic E-state index is 12.9. The van der Waals surface area contributed by atoms with Crippen molar-refractivity contribution in [1.29, 1.82) is 0 Å². The van der Waals surface area contributed by atoms with E-state index < -0.39 is 11.8 Å². The Hall–Kier alpha value is -4.32. The molecule has 0 atom stereocenters. The molecule has 0 radical (unpaired) electrons. The molecule has 6 heteroatoms. The van der Waals surface area contributed by atoms with Gasteiger partial charge in [-0.1, -0.05) is 66.7 Å². The molecule has 2 N–H and O–H groups in total. The Morgan fingerprint density at radius 3 is 1.61 bits per heavy atom. The number of carbonyl (C=O) groups excluding carboxylic acids is 2. The van der Waals surface area contributed by atoms with Crippen molar-refractivity contribution in [3.63, 3.8) is 0 Å². The molecule has 36 heavy (non-hydrogen) atoms. The SMILES string of the molecule is COc1ccc(CCNC(=O)C(=CC=Cc2ccccc2)C(=O)NCCc2ccc(OC)cc2)cc1. The molecule has 3 rings (SSSR count). The first-order chi connectivity index (χ1) is 17.6. The van der Waals surface area contributed by atoms with Gasteiger partial charge in [0.15, 0.2) is 0 Å². The molecule has 0 aliphatic heterocycles. The predicted octanol–water partition coefficient (Wildman–Crippen LogP) is 4.36. The van der Waals surface area contributed by atoms with E-state index in [2.05, 4.69) is 10.6 Å². The Morgan fingerprint density at radius 2 is 1.17 bits per heavy atom. The number of methoxy groups -OCH3 is 2. The monoisotopic (exact) mass is 484 g/mol. The second kappa shape index (κ2) is 14.2. The van der Waals surface area contributed by atoms with Gasteiger partial charge in [0.2, 0.25) is 0 Å². The zero-order valence-corrected chi connectivity index (χ0v) is 20.7. The minimum atomic E-state index is -0.414. The fourth-order valence-electron chi connectivity index (χ4n) is 3.49. The van der Waals surface area contributed by atoms with Crippen LogP contribution in [0.3, 0.4) is 0 Å². The highest BCUT2D eigenvalue weighted by molar-refractivity contribution is 6.18. The summed E-state index contributed by atoms with van der Waals surface area (Å²) in [4.78, 5) is 25.8. The summed E-state index contributed by atoms with van der Waals surface area (Å²) in [5.41, 5.74) is 3.17. The second-order valence-electron chi connectivity index (χ2n) is 8.06. The van der Waals surface area contributed by atoms with Crippen molar-refractivity contribution in [1.82, 2.24) is 10.6 Å². The smallest absolute Gasteiger partial charge is 0.256 e. The summed E-state index contributed by atoms with van der Waals surface area (Å²) in [5, 5.41) is 5.73. The number of allylic oxidation sites excluding steroid dienone is 2. The minimum absolute atomic E-state index is 0.0617. The second-order valence-corrected chi connectivity index (χ2v) is 8.06. The maximum Gasteiger partial charge on any atom is 0.256 e. The van der Waals surface area contributed by atoms with Crippen LogP contribution in [0, 0.1) is 0 Å². The Kier molecular flexibility index (Phi) is 10.3. The minimum Gasteiger partial charge on any atom is -0.497 e. The van der Waals surface area contributed by atoms with E-state index in [0.29, 0.717) is 25.9 Å². The number of nitrogens with one attached hydrogen (secondary N) is 2. The fraction of sp³-hybridized carbons (Fsp3) is 0.200. The average Bonchev–Trinajstić information content (AvgIpc) is 2.92. The van der Waals surface area contributed by atoms with E-state index in [1.807, 2.05) is 84.9 Å². The molecular weight excluding hydrogens is 452 g/mol. The van der Waals surface area contributed by atoms with Gasteiger partial charge in [-0.3, -0.25) is 9.59 Å². The van der Waals surface area contributed by atoms with Crippen molar-refractivity contribution in [3.8, 4) is 11.5 Å². The molecular formula is C30H32N2O4. The van der Waals surface area contributed by atoms with Gasteiger partial charge >= 0.3 is 0 Å². The molecule has 3 aromatic rings. The molecule has 0 aliphatic rings. The molecule has 0 aromatic heterocycles. The standard InChI is InChI=1S/C30H32N2O4/c1-35-26-15-11-24(12-16-26)19-21-31-29(33)28(10-6-9-23-7-4-3-5-8-23)30(34)32-22-20-25-13-17-27(36-2)18-14-25/h3-18H,19-22H2,1-2H3,(H,31,33)(H,32,34). The van der Waals surface area contributed by atoms with Gasteiger partial charge in [-0.05, 0) is 59.9 Å².